The number of fused-ring (bicyclic) bond motifs is 5. The molecule has 1 heterocycles. The third kappa shape index (κ3) is 3.76. The van der Waals surface area contributed by atoms with Crippen molar-refractivity contribution in [3.63, 3.8) is 0 Å². The Kier molecular flexibility index (Phi) is 6.76. The van der Waals surface area contributed by atoms with E-state index in [4.69, 9.17) is 19.3 Å². The molecule has 0 aromatic carbocycles. The second-order valence-electron chi connectivity index (χ2n) is 11.3. The number of hydrogen-bond acceptors (Lipinski definition) is 9. The summed E-state index contributed by atoms with van der Waals surface area (Å²) in [5.74, 6) is -1.67. The molecule has 0 radical (unpaired) electrons. The van der Waals surface area contributed by atoms with E-state index in [-0.39, 0.29) is 31.0 Å². The van der Waals surface area contributed by atoms with Crippen molar-refractivity contribution in [2.24, 2.45) is 22.7 Å². The summed E-state index contributed by atoms with van der Waals surface area (Å²) in [5, 5.41) is 42.3. The molecule has 0 aromatic heterocycles. The van der Waals surface area contributed by atoms with Crippen LogP contribution in [0, 0.1) is 22.7 Å². The Morgan fingerprint density at radius 3 is 2.62 bits per heavy atom. The summed E-state index contributed by atoms with van der Waals surface area (Å²) >= 11 is 0. The zero-order valence-electron chi connectivity index (χ0n) is 20.5. The van der Waals surface area contributed by atoms with Crippen LogP contribution in [0.1, 0.15) is 59.8 Å². The summed E-state index contributed by atoms with van der Waals surface area (Å²) in [6.45, 7) is 7.23. The van der Waals surface area contributed by atoms with Crippen molar-refractivity contribution in [2.45, 2.75) is 89.8 Å². The molecule has 2 saturated carbocycles. The molecule has 1 aliphatic heterocycles. The average Bonchev–Trinajstić information content (AvgIpc) is 2.75. The summed E-state index contributed by atoms with van der Waals surface area (Å²) in [6.07, 6.45) is -2.42. The normalized spacial score (nSPS) is 42.0. The minimum absolute atomic E-state index is 0.0308. The summed E-state index contributed by atoms with van der Waals surface area (Å²) in [7, 11) is 0. The Hall–Kier alpha value is -1.36. The van der Waals surface area contributed by atoms with Gasteiger partial charge < -0.3 is 34.6 Å². The molecular weight excluding hydrogens is 444 g/mol. The first-order chi connectivity index (χ1) is 15.9. The van der Waals surface area contributed by atoms with Gasteiger partial charge in [0.1, 0.15) is 6.79 Å². The summed E-state index contributed by atoms with van der Waals surface area (Å²) in [5.41, 5.74) is -1.85. The fourth-order valence-electron chi connectivity index (χ4n) is 6.82. The number of ketones is 1. The molecule has 8 atom stereocenters. The molecule has 9 heteroatoms. The predicted octanol–water partition coefficient (Wildman–Crippen LogP) is 0.858. The third-order valence-corrected chi connectivity index (χ3v) is 9.35. The highest BCUT2D eigenvalue weighted by atomic mass is 16.6. The molecule has 3 aliphatic carbocycles. The number of carbonyl (C=O) groups excluding carboxylic acids is 2. The molecule has 4 rings (SSSR count). The predicted molar refractivity (Wildman–Crippen MR) is 119 cm³/mol. The van der Waals surface area contributed by atoms with E-state index in [0.29, 0.717) is 37.9 Å². The number of aliphatic hydroxyl groups excluding tert-OH is 3. The van der Waals surface area contributed by atoms with Crippen LogP contribution in [0.25, 0.3) is 0 Å². The number of allylic oxidation sites excluding steroid dienone is 1. The zero-order valence-corrected chi connectivity index (χ0v) is 20.5. The Balaban J connectivity index is 1.77. The fraction of sp³-hybridized carbons (Fsp3) is 0.840. The quantitative estimate of drug-likeness (QED) is 0.188. The topological polar surface area (TPSA) is 143 Å². The number of Topliss-reactive ketones (excluding diaryl/α,β-unsaturated/α-hetero) is 1. The lowest BCUT2D eigenvalue weighted by molar-refractivity contribution is -0.242. The third-order valence-electron chi connectivity index (χ3n) is 9.35. The molecule has 0 amide bonds. The second kappa shape index (κ2) is 8.94. The van der Waals surface area contributed by atoms with Crippen LogP contribution in [-0.4, -0.2) is 82.2 Å². The first-order valence-electron chi connectivity index (χ1n) is 12.2. The number of ether oxygens (including phenoxy) is 3. The van der Waals surface area contributed by atoms with Crippen molar-refractivity contribution < 1.29 is 44.2 Å². The number of rotatable bonds is 6. The van der Waals surface area contributed by atoms with Crippen molar-refractivity contribution in [3.05, 3.63) is 11.1 Å². The van der Waals surface area contributed by atoms with Crippen LogP contribution in [0.2, 0.25) is 0 Å². The van der Waals surface area contributed by atoms with E-state index < -0.39 is 53.3 Å². The zero-order chi connectivity index (χ0) is 25.1. The Labute approximate surface area is 200 Å². The highest BCUT2D eigenvalue weighted by Crippen LogP contribution is 2.61. The van der Waals surface area contributed by atoms with E-state index in [9.17, 15) is 24.9 Å². The van der Waals surface area contributed by atoms with Gasteiger partial charge in [0.2, 0.25) is 0 Å². The van der Waals surface area contributed by atoms with E-state index in [1.807, 2.05) is 20.8 Å². The number of aliphatic hydroxyl groups is 4. The summed E-state index contributed by atoms with van der Waals surface area (Å²) in [6, 6.07) is 0. The minimum Gasteiger partial charge on any atom is -0.448 e. The minimum atomic E-state index is -1.54. The van der Waals surface area contributed by atoms with Gasteiger partial charge in [-0.1, -0.05) is 19.4 Å². The van der Waals surface area contributed by atoms with Gasteiger partial charge in [0.05, 0.1) is 36.4 Å². The number of hydrogen-bond donors (Lipinski definition) is 4. The van der Waals surface area contributed by atoms with Crippen molar-refractivity contribution in [1.29, 1.82) is 0 Å². The van der Waals surface area contributed by atoms with Crippen molar-refractivity contribution in [1.82, 2.24) is 0 Å². The molecule has 2 bridgehead atoms. The van der Waals surface area contributed by atoms with E-state index in [1.165, 1.54) is 0 Å². The molecule has 8 unspecified atom stereocenters. The molecule has 4 aliphatic rings. The Morgan fingerprint density at radius 1 is 1.29 bits per heavy atom. The van der Waals surface area contributed by atoms with Crippen molar-refractivity contribution >= 4 is 11.8 Å². The lowest BCUT2D eigenvalue weighted by Gasteiger charge is -2.62. The lowest BCUT2D eigenvalue weighted by atomic mass is 9.47. The molecule has 0 aromatic rings. The van der Waals surface area contributed by atoms with E-state index in [1.54, 1.807) is 6.92 Å². The van der Waals surface area contributed by atoms with Gasteiger partial charge in [-0.2, -0.15) is 0 Å². The number of esters is 1. The Morgan fingerprint density at radius 2 is 2.00 bits per heavy atom. The maximum absolute atomic E-state index is 14.3. The van der Waals surface area contributed by atoms with E-state index >= 15 is 0 Å². The molecular formula is C25H38O9. The highest BCUT2D eigenvalue weighted by molar-refractivity contribution is 5.95. The van der Waals surface area contributed by atoms with Crippen LogP contribution < -0.4 is 0 Å². The molecule has 1 saturated heterocycles. The fourth-order valence-corrected chi connectivity index (χ4v) is 6.82. The van der Waals surface area contributed by atoms with Gasteiger partial charge in [0, 0.05) is 24.2 Å². The average molecular weight is 483 g/mol. The van der Waals surface area contributed by atoms with Gasteiger partial charge in [-0.05, 0) is 44.6 Å². The van der Waals surface area contributed by atoms with Gasteiger partial charge in [0.15, 0.2) is 18.0 Å². The maximum Gasteiger partial charge on any atom is 0.336 e. The molecule has 9 nitrogen and oxygen atoms in total. The molecule has 34 heavy (non-hydrogen) atoms. The van der Waals surface area contributed by atoms with Crippen molar-refractivity contribution in [2.75, 3.05) is 20.0 Å². The van der Waals surface area contributed by atoms with Crippen LogP contribution in [0.15, 0.2) is 11.1 Å². The van der Waals surface area contributed by atoms with Crippen LogP contribution in [0.3, 0.4) is 0 Å². The maximum atomic E-state index is 14.3. The first-order valence-corrected chi connectivity index (χ1v) is 12.2. The smallest absolute Gasteiger partial charge is 0.336 e. The van der Waals surface area contributed by atoms with Crippen LogP contribution in [0.4, 0.5) is 0 Å². The summed E-state index contributed by atoms with van der Waals surface area (Å²) < 4.78 is 16.2. The van der Waals surface area contributed by atoms with Gasteiger partial charge in [-0.25, -0.2) is 4.79 Å². The van der Waals surface area contributed by atoms with Crippen molar-refractivity contribution in [3.8, 4) is 0 Å². The molecule has 0 spiro atoms. The van der Waals surface area contributed by atoms with E-state index in [0.717, 1.165) is 5.57 Å². The highest BCUT2D eigenvalue weighted by Gasteiger charge is 2.66. The number of carbonyl (C=O) groups is 2. The van der Waals surface area contributed by atoms with Gasteiger partial charge in [-0.15, -0.1) is 0 Å². The Bertz CT molecular complexity index is 866. The standard InChI is InChI=1S/C25H38O9/c1-13-5-7-25(31)10-15-14-11-33-17(14)9-18(28)24(15,4)21(29)20(19(13)23(25,2)3)34-22(30)16(27)6-8-32-12-26/h14-18,20,26-28,31H,5-12H2,1-4H3. The van der Waals surface area contributed by atoms with Gasteiger partial charge >= 0.3 is 5.97 Å². The molecule has 3 fully saturated rings. The summed E-state index contributed by atoms with van der Waals surface area (Å²) in [4.78, 5) is 27.1. The molecule has 192 valence electrons. The lowest BCUT2D eigenvalue weighted by Crippen LogP contribution is -2.68. The first kappa shape index (κ1) is 25.7. The van der Waals surface area contributed by atoms with Crippen LogP contribution in [-0.2, 0) is 23.8 Å². The monoisotopic (exact) mass is 482 g/mol. The second-order valence-corrected chi connectivity index (χ2v) is 11.3. The molecule has 4 N–H and O–H groups in total. The van der Waals surface area contributed by atoms with Gasteiger partial charge in [0.25, 0.3) is 0 Å². The largest absolute Gasteiger partial charge is 0.448 e. The van der Waals surface area contributed by atoms with Gasteiger partial charge in [-0.3, -0.25) is 4.79 Å². The van der Waals surface area contributed by atoms with Crippen LogP contribution >= 0.6 is 0 Å². The van der Waals surface area contributed by atoms with E-state index in [2.05, 4.69) is 0 Å². The SMILES string of the molecule is CC1=C2C(OC(=O)C(O)CCOCO)C(=O)C3(C)C(O)CC4OCC4C3CC(O)(CC1)C2(C)C. The van der Waals surface area contributed by atoms with Crippen LogP contribution in [0.5, 0.6) is 0 Å².